The van der Waals surface area contributed by atoms with Crippen molar-refractivity contribution in [1.82, 2.24) is 4.90 Å². The van der Waals surface area contributed by atoms with Crippen LogP contribution in [0.5, 0.6) is 0 Å². The first kappa shape index (κ1) is 94.9. The highest BCUT2D eigenvalue weighted by Crippen LogP contribution is 2.63. The smallest absolute Gasteiger partial charge is 0.460 e. The SMILES string of the molecule is CCC(C)(C)C(=O)OC1(CC)C2CC3CC1CC(O)(C3)C2.CCC(C)(C)C(=O)OC12CC3CC(CC(O)(C3)C1)C2.CCC(C)(C)C(=O)OC1C2CC3C(=O)OC1C3O2.COCOCCN(CCOCOC)CCOCOC.O=S(=O)([O-])C(F)(F)C(F)(F)C(F)(F)C(F)(F)F.c1ccc([S+](c2ccccc2)c2ccccc2)cc1. The third-order valence-electron chi connectivity index (χ3n) is 23.6. The molecule has 32 heteroatoms. The molecule has 3 aliphatic heterocycles. The van der Waals surface area contributed by atoms with Gasteiger partial charge in [-0.05, 0) is 192 Å². The second-order valence-electron chi connectivity index (χ2n) is 33.1. The van der Waals surface area contributed by atoms with Crippen LogP contribution in [0, 0.1) is 51.8 Å². The van der Waals surface area contributed by atoms with Gasteiger partial charge in [0.05, 0.1) is 70.2 Å². The fraction of sp³-hybridized carbons (Fsp3) is 0.728. The summed E-state index contributed by atoms with van der Waals surface area (Å²) in [7, 11) is -2.61. The molecule has 10 bridgehead atoms. The summed E-state index contributed by atoms with van der Waals surface area (Å²) in [5.74, 6) is -13.1. The molecule has 11 aliphatic rings. The molecule has 3 saturated heterocycles. The lowest BCUT2D eigenvalue weighted by Crippen LogP contribution is -2.65. The zero-order valence-electron chi connectivity index (χ0n) is 67.0. The Morgan fingerprint density at radius 2 is 0.956 bits per heavy atom. The molecule has 2 N–H and O–H groups in total. The molecule has 3 heterocycles. The molecule has 9 unspecified atom stereocenters. The minimum absolute atomic E-state index is 0.0146. The Labute approximate surface area is 661 Å². The monoisotopic (exact) mass is 1660 g/mol. The summed E-state index contributed by atoms with van der Waals surface area (Å²) < 4.78 is 194. The van der Waals surface area contributed by atoms with Crippen molar-refractivity contribution in [1.29, 1.82) is 0 Å². The van der Waals surface area contributed by atoms with Gasteiger partial charge in [0.15, 0.2) is 37.0 Å². The van der Waals surface area contributed by atoms with Crippen LogP contribution in [0.2, 0.25) is 0 Å². The number of hydrogen-bond donors (Lipinski definition) is 2. The van der Waals surface area contributed by atoms with Crippen LogP contribution in [-0.4, -0.2) is 203 Å². The van der Waals surface area contributed by atoms with Crippen molar-refractivity contribution in [2.24, 2.45) is 51.8 Å². The molecule has 14 rings (SSSR count). The molecule has 11 fully saturated rings. The Morgan fingerprint density at radius 1 is 0.549 bits per heavy atom. The molecule has 113 heavy (non-hydrogen) atoms. The van der Waals surface area contributed by atoms with Gasteiger partial charge in [0.1, 0.15) is 37.7 Å². The molecule has 8 aliphatic carbocycles. The lowest BCUT2D eigenvalue weighted by molar-refractivity contribution is -0.382. The number of benzene rings is 3. The lowest BCUT2D eigenvalue weighted by atomic mass is 9.47. The Balaban J connectivity index is 0.000000188. The Bertz CT molecular complexity index is 3490. The zero-order valence-corrected chi connectivity index (χ0v) is 68.7. The van der Waals surface area contributed by atoms with Crippen molar-refractivity contribution < 1.29 is 134 Å². The van der Waals surface area contributed by atoms with Crippen molar-refractivity contribution in [3.63, 3.8) is 0 Å². The molecule has 0 amide bonds. The number of aliphatic hydroxyl groups is 2. The van der Waals surface area contributed by atoms with Crippen LogP contribution in [0.25, 0.3) is 0 Å². The number of methoxy groups -OCH3 is 3. The summed E-state index contributed by atoms with van der Waals surface area (Å²) in [4.78, 5) is 54.9. The van der Waals surface area contributed by atoms with E-state index in [4.69, 9.17) is 52.1 Å². The first-order valence-electron chi connectivity index (χ1n) is 38.7. The minimum atomic E-state index is -7.43. The topological polar surface area (TPSA) is 271 Å². The van der Waals surface area contributed by atoms with Gasteiger partial charge in [-0.2, -0.15) is 39.5 Å². The number of esters is 4. The van der Waals surface area contributed by atoms with Gasteiger partial charge < -0.3 is 66.9 Å². The van der Waals surface area contributed by atoms with Crippen molar-refractivity contribution in [2.45, 2.75) is 257 Å². The van der Waals surface area contributed by atoms with Crippen molar-refractivity contribution in [3.05, 3.63) is 91.0 Å². The zero-order chi connectivity index (χ0) is 84.0. The fourth-order valence-electron chi connectivity index (χ4n) is 16.8. The molecule has 0 spiro atoms. The van der Waals surface area contributed by atoms with E-state index in [9.17, 15) is 81.9 Å². The number of fused-ring (bicyclic) bond motifs is 1. The first-order chi connectivity index (χ1) is 52.7. The summed E-state index contributed by atoms with van der Waals surface area (Å²) in [6.07, 6.45) is 5.99. The molecular weight excluding hydrogens is 1540 g/mol. The second kappa shape index (κ2) is 39.1. The largest absolute Gasteiger partial charge is 0.743 e. The summed E-state index contributed by atoms with van der Waals surface area (Å²) in [5.41, 5.74) is -3.03. The third kappa shape index (κ3) is 23.0. The molecule has 3 aromatic carbocycles. The summed E-state index contributed by atoms with van der Waals surface area (Å²) in [6, 6.07) is 32.2. The van der Waals surface area contributed by atoms with Gasteiger partial charge in [-0.25, -0.2) is 8.42 Å². The molecule has 21 nitrogen and oxygen atoms in total. The van der Waals surface area contributed by atoms with Crippen LogP contribution >= 0.6 is 0 Å². The standard InChI is InChI=1S/C18H30O3.C18H15S.C16H26O3.C13H18O5.C12H27NO6.C4HF9O3S/c1-5-16(3,4)15(19)21-18(6-2)13-7-12-8-14(18)11-17(20,9-12)10-13;1-4-10-16(11-5-1)19(17-12-6-2-7-13-17)18-14-8-3-9-15-18;1-4-14(2,3)13(17)19-16-8-11-5-12(9-16)7-15(18,6-11)10-16;1-4-13(2,3)12(15)18-9-7-5-6-8(16-7)10(9)17-11(6)14;1-14-10-17-7-4-13(5-8-18-11-15-2)6-9-19-12-16-3;5-1(6,3(9,10)11)2(7,8)4(12,13)17(14,15)16/h12-14,20H,5-11H2,1-4H3;1-15H;11-12,18H,4-10H2,1-3H3;6-10H,4-5H2,1-3H3;4-12H2,1-3H3;(H,14,15,16)/q;+1;;;;/p-1. The number of hydrogen-bond acceptors (Lipinski definition) is 21. The molecule has 0 radical (unpaired) electrons. The first-order valence-corrected chi connectivity index (χ1v) is 41.3. The quantitative estimate of drug-likeness (QED) is 0.0115. The van der Waals surface area contributed by atoms with Gasteiger partial charge in [0, 0.05) is 59.2 Å². The lowest BCUT2D eigenvalue weighted by Gasteiger charge is -2.63. The molecular formula is C81H116F9NO20S2. The van der Waals surface area contributed by atoms with Gasteiger partial charge in [-0.3, -0.25) is 24.1 Å². The van der Waals surface area contributed by atoms with Gasteiger partial charge in [-0.1, -0.05) is 82.3 Å². The van der Waals surface area contributed by atoms with Gasteiger partial charge in [0.2, 0.25) is 0 Å². The third-order valence-corrected chi connectivity index (χ3v) is 26.7. The van der Waals surface area contributed by atoms with E-state index in [1.807, 2.05) is 62.3 Å². The van der Waals surface area contributed by atoms with Crippen LogP contribution in [0.1, 0.15) is 172 Å². The van der Waals surface area contributed by atoms with E-state index in [0.29, 0.717) is 89.1 Å². The fourth-order valence-corrected chi connectivity index (χ4v) is 19.3. The number of rotatable bonds is 31. The normalized spacial score (nSPS) is 28.5. The van der Waals surface area contributed by atoms with Crippen molar-refractivity contribution in [2.75, 3.05) is 81.2 Å². The molecule has 0 aromatic heterocycles. The average Bonchev–Trinajstić information content (AvgIpc) is 1.49. The number of carbonyl (C=O) groups excluding carboxylic acids is 4. The highest BCUT2D eigenvalue weighted by Gasteiger charge is 2.84. The summed E-state index contributed by atoms with van der Waals surface area (Å²) >= 11 is 0. The number of ether oxygens (including phenoxy) is 11. The molecule has 9 atom stereocenters. The predicted octanol–water partition coefficient (Wildman–Crippen LogP) is 14.7. The van der Waals surface area contributed by atoms with Crippen LogP contribution in [-0.2, 0) is 92.3 Å². The van der Waals surface area contributed by atoms with E-state index >= 15 is 0 Å². The van der Waals surface area contributed by atoms with E-state index in [0.717, 1.165) is 96.7 Å². The van der Waals surface area contributed by atoms with Crippen molar-refractivity contribution in [3.8, 4) is 0 Å². The number of nitrogens with zero attached hydrogens (tertiary/aromatic N) is 1. The Hall–Kier alpha value is -5.23. The highest BCUT2D eigenvalue weighted by atomic mass is 32.2. The summed E-state index contributed by atoms with van der Waals surface area (Å²) in [5, 5.41) is 14.3. The van der Waals surface area contributed by atoms with Gasteiger partial charge >= 0.3 is 47.2 Å². The van der Waals surface area contributed by atoms with Crippen LogP contribution in [0.3, 0.4) is 0 Å². The van der Waals surface area contributed by atoms with E-state index in [2.05, 4.69) is 103 Å². The molecule has 640 valence electrons. The van der Waals surface area contributed by atoms with Crippen LogP contribution < -0.4 is 0 Å². The van der Waals surface area contributed by atoms with E-state index in [-0.39, 0.29) is 64.1 Å². The van der Waals surface area contributed by atoms with E-state index < -0.39 is 73.0 Å². The molecule has 3 aromatic rings. The minimum Gasteiger partial charge on any atom is -0.743 e. The number of alkyl halides is 9. The van der Waals surface area contributed by atoms with Gasteiger partial charge in [0.25, 0.3) is 0 Å². The van der Waals surface area contributed by atoms with Crippen LogP contribution in [0.4, 0.5) is 39.5 Å². The van der Waals surface area contributed by atoms with Gasteiger partial charge in [-0.15, -0.1) is 0 Å². The average molecular weight is 1660 g/mol. The van der Waals surface area contributed by atoms with E-state index in [1.165, 1.54) is 21.1 Å². The number of carbonyl (C=O) groups is 4. The Morgan fingerprint density at radius 3 is 1.33 bits per heavy atom. The highest BCUT2D eigenvalue weighted by molar-refractivity contribution is 7.97. The van der Waals surface area contributed by atoms with Crippen molar-refractivity contribution >= 4 is 44.9 Å². The summed E-state index contributed by atoms with van der Waals surface area (Å²) in [6.45, 7) is 24.9. The predicted molar refractivity (Wildman–Crippen MR) is 397 cm³/mol. The number of halogens is 9. The van der Waals surface area contributed by atoms with E-state index in [1.54, 1.807) is 21.3 Å². The maximum atomic E-state index is 12.6. The maximum absolute atomic E-state index is 12.6. The Kier molecular flexibility index (Phi) is 32.8. The maximum Gasteiger partial charge on any atom is 0.460 e. The second-order valence-corrected chi connectivity index (χ2v) is 36.6. The van der Waals surface area contributed by atoms with Crippen LogP contribution in [0.15, 0.2) is 106 Å². The molecule has 8 saturated carbocycles.